The molecular weight excluding hydrogens is 240 g/mol. The van der Waals surface area contributed by atoms with Crippen molar-refractivity contribution in [3.05, 3.63) is 64.6 Å². The molecule has 3 rings (SSSR count). The summed E-state index contributed by atoms with van der Waals surface area (Å²) < 4.78 is 0. The van der Waals surface area contributed by atoms with Gasteiger partial charge in [-0.3, -0.25) is 4.98 Å². The lowest BCUT2D eigenvalue weighted by Crippen LogP contribution is -2.16. The maximum atomic E-state index is 4.16. The molecule has 0 saturated carbocycles. The molecule has 0 aliphatic heterocycles. The summed E-state index contributed by atoms with van der Waals surface area (Å²) in [7, 11) is 1.99. The lowest BCUT2D eigenvalue weighted by molar-refractivity contribution is 0.703. The fourth-order valence-electron chi connectivity index (χ4n) is 2.23. The van der Waals surface area contributed by atoms with E-state index in [2.05, 4.69) is 52.8 Å². The Morgan fingerprint density at radius 2 is 1.94 bits per heavy atom. The molecule has 1 unspecified atom stereocenters. The number of hydrogen-bond donors (Lipinski definition) is 1. The van der Waals surface area contributed by atoms with E-state index in [1.54, 1.807) is 11.3 Å². The lowest BCUT2D eigenvalue weighted by atomic mass is 10.0. The predicted octanol–water partition coefficient (Wildman–Crippen LogP) is 3.61. The van der Waals surface area contributed by atoms with Crippen molar-refractivity contribution in [1.82, 2.24) is 10.3 Å². The molecule has 1 atom stereocenters. The van der Waals surface area contributed by atoms with E-state index in [-0.39, 0.29) is 6.04 Å². The van der Waals surface area contributed by atoms with Crippen LogP contribution in [0.15, 0.2) is 54.2 Å². The van der Waals surface area contributed by atoms with Crippen molar-refractivity contribution in [1.29, 1.82) is 0 Å². The highest BCUT2D eigenvalue weighted by atomic mass is 32.1. The van der Waals surface area contributed by atoms with Crippen molar-refractivity contribution in [3.8, 4) is 0 Å². The molecule has 1 heterocycles. The Balaban J connectivity index is 2.07. The minimum Gasteiger partial charge on any atom is -0.309 e. The topological polar surface area (TPSA) is 24.9 Å². The molecule has 0 aliphatic carbocycles. The molecule has 0 saturated heterocycles. The second kappa shape index (κ2) is 4.88. The maximum Gasteiger partial charge on any atom is 0.0794 e. The predicted molar refractivity (Wildman–Crippen MR) is 77.0 cm³/mol. The SMILES string of the molecule is CNC(c1ccc2ccccc2c1)c1cncs1. The highest BCUT2D eigenvalue weighted by Gasteiger charge is 2.13. The summed E-state index contributed by atoms with van der Waals surface area (Å²) in [6.07, 6.45) is 1.93. The number of aromatic nitrogens is 1. The average molecular weight is 254 g/mol. The third-order valence-electron chi connectivity index (χ3n) is 3.13. The van der Waals surface area contributed by atoms with Crippen LogP contribution in [0.1, 0.15) is 16.5 Å². The van der Waals surface area contributed by atoms with Crippen molar-refractivity contribution in [2.75, 3.05) is 7.05 Å². The Hall–Kier alpha value is -1.71. The van der Waals surface area contributed by atoms with Gasteiger partial charge in [-0.2, -0.15) is 0 Å². The number of rotatable bonds is 3. The monoisotopic (exact) mass is 254 g/mol. The molecule has 18 heavy (non-hydrogen) atoms. The zero-order chi connectivity index (χ0) is 12.4. The Kier molecular flexibility index (Phi) is 3.09. The minimum atomic E-state index is 0.224. The van der Waals surface area contributed by atoms with Gasteiger partial charge in [-0.05, 0) is 29.4 Å². The average Bonchev–Trinajstić information content (AvgIpc) is 2.93. The lowest BCUT2D eigenvalue weighted by Gasteiger charge is -2.15. The first-order valence-electron chi connectivity index (χ1n) is 5.93. The molecule has 3 aromatic rings. The fourth-order valence-corrected chi connectivity index (χ4v) is 2.98. The Morgan fingerprint density at radius 3 is 2.67 bits per heavy atom. The van der Waals surface area contributed by atoms with Crippen LogP contribution in [0.2, 0.25) is 0 Å². The normalized spacial score (nSPS) is 12.7. The summed E-state index contributed by atoms with van der Waals surface area (Å²) in [5.74, 6) is 0. The molecule has 0 bridgehead atoms. The summed E-state index contributed by atoms with van der Waals surface area (Å²) in [5.41, 5.74) is 3.15. The van der Waals surface area contributed by atoms with Crippen molar-refractivity contribution in [2.24, 2.45) is 0 Å². The van der Waals surface area contributed by atoms with Crippen LogP contribution >= 0.6 is 11.3 Å². The van der Waals surface area contributed by atoms with Crippen LogP contribution in [0.5, 0.6) is 0 Å². The standard InChI is InChI=1S/C15H14N2S/c1-16-15(14-9-17-10-18-14)13-7-6-11-4-2-3-5-12(11)8-13/h2-10,15-16H,1H3. The van der Waals surface area contributed by atoms with Crippen molar-refractivity contribution in [3.63, 3.8) is 0 Å². The molecule has 0 radical (unpaired) electrons. The van der Waals surface area contributed by atoms with Gasteiger partial charge in [0.2, 0.25) is 0 Å². The highest BCUT2D eigenvalue weighted by molar-refractivity contribution is 7.09. The third-order valence-corrected chi connectivity index (χ3v) is 3.97. The van der Waals surface area contributed by atoms with Gasteiger partial charge in [0.15, 0.2) is 0 Å². The number of nitrogens with one attached hydrogen (secondary N) is 1. The summed E-state index contributed by atoms with van der Waals surface area (Å²) in [6.45, 7) is 0. The largest absolute Gasteiger partial charge is 0.309 e. The van der Waals surface area contributed by atoms with E-state index in [1.807, 2.05) is 18.8 Å². The van der Waals surface area contributed by atoms with E-state index in [4.69, 9.17) is 0 Å². The number of nitrogens with zero attached hydrogens (tertiary/aromatic N) is 1. The van der Waals surface area contributed by atoms with Gasteiger partial charge in [0.05, 0.1) is 11.6 Å². The molecule has 1 N–H and O–H groups in total. The van der Waals surface area contributed by atoms with Crippen LogP contribution in [0, 0.1) is 0 Å². The van der Waals surface area contributed by atoms with Crippen LogP contribution in [0.25, 0.3) is 10.8 Å². The first kappa shape index (κ1) is 11.4. The van der Waals surface area contributed by atoms with Gasteiger partial charge in [-0.1, -0.05) is 36.4 Å². The van der Waals surface area contributed by atoms with Crippen molar-refractivity contribution in [2.45, 2.75) is 6.04 Å². The number of hydrogen-bond acceptors (Lipinski definition) is 3. The zero-order valence-electron chi connectivity index (χ0n) is 10.1. The van der Waals surface area contributed by atoms with Gasteiger partial charge in [0.1, 0.15) is 0 Å². The van der Waals surface area contributed by atoms with Crippen molar-refractivity contribution >= 4 is 22.1 Å². The number of thiazole rings is 1. The Morgan fingerprint density at radius 1 is 1.11 bits per heavy atom. The van der Waals surface area contributed by atoms with E-state index in [0.29, 0.717) is 0 Å². The second-order valence-electron chi connectivity index (χ2n) is 4.23. The smallest absolute Gasteiger partial charge is 0.0794 e. The first-order valence-corrected chi connectivity index (χ1v) is 6.81. The molecule has 0 amide bonds. The van der Waals surface area contributed by atoms with Gasteiger partial charge in [-0.25, -0.2) is 0 Å². The van der Waals surface area contributed by atoms with Gasteiger partial charge in [0, 0.05) is 11.1 Å². The Labute approximate surface area is 110 Å². The molecular formula is C15H14N2S. The fraction of sp³-hybridized carbons (Fsp3) is 0.133. The minimum absolute atomic E-state index is 0.224. The van der Waals surface area contributed by atoms with Crippen LogP contribution in [0.4, 0.5) is 0 Å². The van der Waals surface area contributed by atoms with E-state index in [0.717, 1.165) is 0 Å². The molecule has 2 nitrogen and oxygen atoms in total. The highest BCUT2D eigenvalue weighted by Crippen LogP contribution is 2.27. The van der Waals surface area contributed by atoms with E-state index >= 15 is 0 Å². The van der Waals surface area contributed by atoms with Crippen LogP contribution in [-0.2, 0) is 0 Å². The Bertz CT molecular complexity index is 646. The van der Waals surface area contributed by atoms with E-state index < -0.39 is 0 Å². The zero-order valence-corrected chi connectivity index (χ0v) is 10.9. The van der Waals surface area contributed by atoms with Gasteiger partial charge < -0.3 is 5.32 Å². The molecule has 0 fully saturated rings. The van der Waals surface area contributed by atoms with Gasteiger partial charge in [-0.15, -0.1) is 11.3 Å². The maximum absolute atomic E-state index is 4.16. The van der Waals surface area contributed by atoms with Gasteiger partial charge in [0.25, 0.3) is 0 Å². The molecule has 90 valence electrons. The quantitative estimate of drug-likeness (QED) is 0.772. The summed E-state index contributed by atoms with van der Waals surface area (Å²) in [4.78, 5) is 5.40. The third kappa shape index (κ3) is 2.03. The molecule has 3 heteroatoms. The molecule has 0 aliphatic rings. The second-order valence-corrected chi connectivity index (χ2v) is 5.15. The van der Waals surface area contributed by atoms with Crippen molar-refractivity contribution < 1.29 is 0 Å². The van der Waals surface area contributed by atoms with Crippen LogP contribution in [-0.4, -0.2) is 12.0 Å². The summed E-state index contributed by atoms with van der Waals surface area (Å²) in [5, 5.41) is 5.91. The summed E-state index contributed by atoms with van der Waals surface area (Å²) >= 11 is 1.68. The first-order chi connectivity index (χ1) is 8.88. The number of benzene rings is 2. The van der Waals surface area contributed by atoms with E-state index in [9.17, 15) is 0 Å². The van der Waals surface area contributed by atoms with Crippen LogP contribution < -0.4 is 5.32 Å². The van der Waals surface area contributed by atoms with Gasteiger partial charge >= 0.3 is 0 Å². The van der Waals surface area contributed by atoms with E-state index in [1.165, 1.54) is 21.2 Å². The van der Waals surface area contributed by atoms with Crippen LogP contribution in [0.3, 0.4) is 0 Å². The number of fused-ring (bicyclic) bond motifs is 1. The molecule has 2 aromatic carbocycles. The molecule has 0 spiro atoms. The summed E-state index contributed by atoms with van der Waals surface area (Å²) in [6, 6.07) is 15.3. The molecule has 1 aromatic heterocycles.